The lowest BCUT2D eigenvalue weighted by Crippen LogP contribution is -2.45. The molecule has 156 valence electrons. The van der Waals surface area contributed by atoms with Gasteiger partial charge in [-0.1, -0.05) is 37.3 Å². The van der Waals surface area contributed by atoms with Crippen molar-refractivity contribution in [1.82, 2.24) is 20.4 Å². The SMILES string of the molecule is CCNC(=NCCC(C)N(C)Cc1ccccc1)NC1CCN(C(=O)CC)C1. The van der Waals surface area contributed by atoms with Gasteiger partial charge in [0.1, 0.15) is 0 Å². The van der Waals surface area contributed by atoms with Gasteiger partial charge < -0.3 is 15.5 Å². The van der Waals surface area contributed by atoms with Crippen LogP contribution in [0.4, 0.5) is 0 Å². The second kappa shape index (κ2) is 11.7. The number of hydrogen-bond donors (Lipinski definition) is 2. The summed E-state index contributed by atoms with van der Waals surface area (Å²) in [6, 6.07) is 11.3. The van der Waals surface area contributed by atoms with Crippen molar-refractivity contribution < 1.29 is 4.79 Å². The minimum absolute atomic E-state index is 0.238. The van der Waals surface area contributed by atoms with Gasteiger partial charge in [0.05, 0.1) is 0 Å². The van der Waals surface area contributed by atoms with Crippen molar-refractivity contribution in [2.45, 2.75) is 58.7 Å². The summed E-state index contributed by atoms with van der Waals surface area (Å²) in [6.45, 7) is 10.4. The van der Waals surface area contributed by atoms with E-state index in [0.29, 0.717) is 12.5 Å². The van der Waals surface area contributed by atoms with Crippen molar-refractivity contribution in [2.24, 2.45) is 4.99 Å². The molecule has 0 spiro atoms. The monoisotopic (exact) mass is 387 g/mol. The van der Waals surface area contributed by atoms with E-state index < -0.39 is 0 Å². The van der Waals surface area contributed by atoms with Gasteiger partial charge in [-0.2, -0.15) is 0 Å². The van der Waals surface area contributed by atoms with Crippen LogP contribution < -0.4 is 10.6 Å². The minimum atomic E-state index is 0.238. The zero-order valence-corrected chi connectivity index (χ0v) is 17.9. The summed E-state index contributed by atoms with van der Waals surface area (Å²) >= 11 is 0. The first-order chi connectivity index (χ1) is 13.5. The Morgan fingerprint density at radius 3 is 2.75 bits per heavy atom. The Bertz CT molecular complexity index is 619. The molecule has 1 fully saturated rings. The van der Waals surface area contributed by atoms with Crippen molar-refractivity contribution >= 4 is 11.9 Å². The number of guanidine groups is 1. The van der Waals surface area contributed by atoms with E-state index in [1.165, 1.54) is 5.56 Å². The van der Waals surface area contributed by atoms with Gasteiger partial charge in [0.2, 0.25) is 5.91 Å². The van der Waals surface area contributed by atoms with E-state index in [-0.39, 0.29) is 11.9 Å². The van der Waals surface area contributed by atoms with Crippen molar-refractivity contribution in [3.63, 3.8) is 0 Å². The highest BCUT2D eigenvalue weighted by molar-refractivity contribution is 5.80. The Hall–Kier alpha value is -2.08. The first kappa shape index (κ1) is 22.2. The van der Waals surface area contributed by atoms with Gasteiger partial charge in [-0.3, -0.25) is 14.7 Å². The topological polar surface area (TPSA) is 60.0 Å². The van der Waals surface area contributed by atoms with E-state index in [4.69, 9.17) is 4.99 Å². The smallest absolute Gasteiger partial charge is 0.222 e. The number of carbonyl (C=O) groups excluding carboxylic acids is 1. The van der Waals surface area contributed by atoms with Gasteiger partial charge in [0.15, 0.2) is 5.96 Å². The predicted octanol–water partition coefficient (Wildman–Crippen LogP) is 2.46. The number of hydrogen-bond acceptors (Lipinski definition) is 3. The molecule has 1 saturated heterocycles. The highest BCUT2D eigenvalue weighted by Crippen LogP contribution is 2.11. The number of rotatable bonds is 9. The number of aliphatic imine (C=N–C) groups is 1. The van der Waals surface area contributed by atoms with Gasteiger partial charge in [0.25, 0.3) is 0 Å². The van der Waals surface area contributed by atoms with Crippen LogP contribution in [0.3, 0.4) is 0 Å². The molecule has 0 aromatic heterocycles. The van der Waals surface area contributed by atoms with Crippen molar-refractivity contribution in [2.75, 3.05) is 33.2 Å². The quantitative estimate of drug-likeness (QED) is 0.505. The number of benzene rings is 1. The first-order valence-corrected chi connectivity index (χ1v) is 10.6. The summed E-state index contributed by atoms with van der Waals surface area (Å²) in [5.74, 6) is 1.10. The van der Waals surface area contributed by atoms with Crippen LogP contribution in [0.1, 0.15) is 45.6 Å². The standard InChI is InChI=1S/C22H37N5O/c1-5-21(28)27-15-13-20(17-27)25-22(23-6-2)24-14-12-18(3)26(4)16-19-10-8-7-9-11-19/h7-11,18,20H,5-6,12-17H2,1-4H3,(H2,23,24,25). The number of nitrogens with zero attached hydrogens (tertiary/aromatic N) is 3. The van der Waals surface area contributed by atoms with E-state index >= 15 is 0 Å². The molecular formula is C22H37N5O. The van der Waals surface area contributed by atoms with E-state index in [0.717, 1.165) is 51.5 Å². The van der Waals surface area contributed by atoms with E-state index in [1.54, 1.807) is 0 Å². The second-order valence-corrected chi connectivity index (χ2v) is 7.62. The molecule has 6 heteroatoms. The lowest BCUT2D eigenvalue weighted by Gasteiger charge is -2.24. The normalized spacial score (nSPS) is 18.4. The van der Waals surface area contributed by atoms with Crippen molar-refractivity contribution in [3.05, 3.63) is 35.9 Å². The molecule has 1 heterocycles. The average molecular weight is 388 g/mol. The Balaban J connectivity index is 1.79. The molecule has 0 radical (unpaired) electrons. The van der Waals surface area contributed by atoms with Gasteiger partial charge >= 0.3 is 0 Å². The summed E-state index contributed by atoms with van der Waals surface area (Å²) in [7, 11) is 2.17. The fourth-order valence-corrected chi connectivity index (χ4v) is 3.45. The molecule has 1 aromatic carbocycles. The molecule has 2 N–H and O–H groups in total. The zero-order chi connectivity index (χ0) is 20.4. The summed E-state index contributed by atoms with van der Waals surface area (Å²) in [4.78, 5) is 20.9. The minimum Gasteiger partial charge on any atom is -0.357 e. The maximum atomic E-state index is 11.9. The van der Waals surface area contributed by atoms with Crippen LogP contribution in [0, 0.1) is 0 Å². The molecule has 1 aliphatic heterocycles. The summed E-state index contributed by atoms with van der Waals surface area (Å²) in [5, 5.41) is 6.83. The zero-order valence-electron chi connectivity index (χ0n) is 17.9. The fourth-order valence-electron chi connectivity index (χ4n) is 3.45. The van der Waals surface area contributed by atoms with Crippen LogP contribution in [-0.4, -0.2) is 67.0 Å². The third kappa shape index (κ3) is 7.15. The largest absolute Gasteiger partial charge is 0.357 e. The Morgan fingerprint density at radius 1 is 1.32 bits per heavy atom. The highest BCUT2D eigenvalue weighted by Gasteiger charge is 2.25. The summed E-state index contributed by atoms with van der Waals surface area (Å²) in [5.41, 5.74) is 1.34. The Labute approximate surface area is 170 Å². The molecule has 1 amide bonds. The molecule has 2 atom stereocenters. The molecule has 0 saturated carbocycles. The Kier molecular flexibility index (Phi) is 9.28. The summed E-state index contributed by atoms with van der Waals surface area (Å²) in [6.07, 6.45) is 2.56. The fraction of sp³-hybridized carbons (Fsp3) is 0.636. The van der Waals surface area contributed by atoms with Crippen LogP contribution in [0.2, 0.25) is 0 Å². The van der Waals surface area contributed by atoms with Crippen LogP contribution >= 0.6 is 0 Å². The average Bonchev–Trinajstić information content (AvgIpc) is 3.16. The number of nitrogens with one attached hydrogen (secondary N) is 2. The predicted molar refractivity (Wildman–Crippen MR) is 116 cm³/mol. The number of likely N-dealkylation sites (tertiary alicyclic amines) is 1. The van der Waals surface area contributed by atoms with Crippen molar-refractivity contribution in [1.29, 1.82) is 0 Å². The highest BCUT2D eigenvalue weighted by atomic mass is 16.2. The van der Waals surface area contributed by atoms with Gasteiger partial charge in [-0.25, -0.2) is 0 Å². The molecule has 0 aliphatic carbocycles. The molecule has 1 aromatic rings. The van der Waals surface area contributed by atoms with Crippen LogP contribution in [0.15, 0.2) is 35.3 Å². The van der Waals surface area contributed by atoms with Crippen molar-refractivity contribution in [3.8, 4) is 0 Å². The molecule has 2 rings (SSSR count). The molecule has 2 unspecified atom stereocenters. The number of carbonyl (C=O) groups is 1. The van der Waals surface area contributed by atoms with Crippen LogP contribution in [-0.2, 0) is 11.3 Å². The molecule has 28 heavy (non-hydrogen) atoms. The van der Waals surface area contributed by atoms with Gasteiger partial charge in [-0.15, -0.1) is 0 Å². The lowest BCUT2D eigenvalue weighted by atomic mass is 10.1. The van der Waals surface area contributed by atoms with E-state index in [2.05, 4.69) is 66.8 Å². The van der Waals surface area contributed by atoms with E-state index in [1.807, 2.05) is 11.8 Å². The third-order valence-electron chi connectivity index (χ3n) is 5.37. The second-order valence-electron chi connectivity index (χ2n) is 7.62. The third-order valence-corrected chi connectivity index (χ3v) is 5.37. The number of amides is 1. The molecule has 6 nitrogen and oxygen atoms in total. The first-order valence-electron chi connectivity index (χ1n) is 10.6. The van der Waals surface area contributed by atoms with Crippen LogP contribution in [0.25, 0.3) is 0 Å². The molecule has 0 bridgehead atoms. The maximum absolute atomic E-state index is 11.9. The molecular weight excluding hydrogens is 350 g/mol. The van der Waals surface area contributed by atoms with Crippen LogP contribution in [0.5, 0.6) is 0 Å². The maximum Gasteiger partial charge on any atom is 0.222 e. The lowest BCUT2D eigenvalue weighted by molar-refractivity contribution is -0.129. The molecule has 1 aliphatic rings. The van der Waals surface area contributed by atoms with Gasteiger partial charge in [-0.05, 0) is 39.3 Å². The van der Waals surface area contributed by atoms with Gasteiger partial charge in [0, 0.05) is 51.2 Å². The van der Waals surface area contributed by atoms with E-state index in [9.17, 15) is 4.79 Å². The summed E-state index contributed by atoms with van der Waals surface area (Å²) < 4.78 is 0. The Morgan fingerprint density at radius 2 is 2.07 bits per heavy atom.